The number of hydrogen-bond donors (Lipinski definition) is 1. The zero-order valence-electron chi connectivity index (χ0n) is 10.2. The Hall–Kier alpha value is -1.20. The Morgan fingerprint density at radius 1 is 1.11 bits per heavy atom. The molecule has 0 saturated carbocycles. The minimum Gasteiger partial charge on any atom is -0.496 e. The molecule has 0 aliphatic rings. The Morgan fingerprint density at radius 2 is 1.95 bits per heavy atom. The van der Waals surface area contributed by atoms with E-state index >= 15 is 0 Å². The highest BCUT2D eigenvalue weighted by Gasteiger charge is 2.11. The smallest absolute Gasteiger partial charge is 0.128 e. The highest BCUT2D eigenvalue weighted by molar-refractivity contribution is 14.1. The lowest BCUT2D eigenvalue weighted by Gasteiger charge is -2.11. The van der Waals surface area contributed by atoms with Gasteiger partial charge in [0.25, 0.3) is 0 Å². The molecule has 0 fully saturated rings. The Morgan fingerprint density at radius 3 is 2.74 bits per heavy atom. The lowest BCUT2D eigenvalue weighted by atomic mass is 10.0. The van der Waals surface area contributed by atoms with Crippen LogP contribution in [0.15, 0.2) is 42.6 Å². The number of hydrogen-bond acceptors (Lipinski definition) is 1. The fourth-order valence-corrected chi connectivity index (χ4v) is 3.09. The van der Waals surface area contributed by atoms with Crippen molar-refractivity contribution in [2.24, 2.45) is 0 Å². The first kappa shape index (κ1) is 12.8. The second-order valence-electron chi connectivity index (χ2n) is 4.24. The molecule has 1 N–H and O–H groups in total. The standard InChI is InChI=1S/C15H11ClINO/c1-19-15-7-10(16)2-3-11(15)12-6-9-4-5-18-14(9)8-13(12)17/h2-8,18H,1H3. The number of nitrogens with one attached hydrogen (secondary N) is 1. The van der Waals surface area contributed by atoms with Crippen molar-refractivity contribution in [3.8, 4) is 16.9 Å². The molecule has 0 bridgehead atoms. The predicted molar refractivity (Wildman–Crippen MR) is 88.0 cm³/mol. The molecule has 0 atom stereocenters. The van der Waals surface area contributed by atoms with Gasteiger partial charge in [-0.3, -0.25) is 0 Å². The fourth-order valence-electron chi connectivity index (χ4n) is 2.17. The van der Waals surface area contributed by atoms with Crippen molar-refractivity contribution < 1.29 is 4.74 Å². The number of halogens is 2. The van der Waals surface area contributed by atoms with Gasteiger partial charge >= 0.3 is 0 Å². The summed E-state index contributed by atoms with van der Waals surface area (Å²) in [4.78, 5) is 3.22. The summed E-state index contributed by atoms with van der Waals surface area (Å²) in [5.41, 5.74) is 3.35. The van der Waals surface area contributed by atoms with Crippen molar-refractivity contribution in [1.29, 1.82) is 0 Å². The van der Waals surface area contributed by atoms with Crippen LogP contribution >= 0.6 is 34.2 Å². The molecule has 96 valence electrons. The van der Waals surface area contributed by atoms with Gasteiger partial charge in [0.2, 0.25) is 0 Å². The van der Waals surface area contributed by atoms with E-state index in [-0.39, 0.29) is 0 Å². The first-order chi connectivity index (χ1) is 9.19. The lowest BCUT2D eigenvalue weighted by Crippen LogP contribution is -1.90. The average molecular weight is 384 g/mol. The van der Waals surface area contributed by atoms with Crippen LogP contribution in [-0.2, 0) is 0 Å². The maximum absolute atomic E-state index is 6.01. The summed E-state index contributed by atoms with van der Waals surface area (Å²) in [6, 6.07) is 12.1. The third kappa shape index (κ3) is 2.32. The van der Waals surface area contributed by atoms with Crippen LogP contribution in [-0.4, -0.2) is 12.1 Å². The van der Waals surface area contributed by atoms with E-state index in [4.69, 9.17) is 16.3 Å². The zero-order chi connectivity index (χ0) is 13.4. The van der Waals surface area contributed by atoms with Crippen molar-refractivity contribution in [2.45, 2.75) is 0 Å². The molecule has 1 aromatic heterocycles. The molecule has 2 aromatic carbocycles. The van der Waals surface area contributed by atoms with Gasteiger partial charge in [0, 0.05) is 31.3 Å². The number of ether oxygens (including phenoxy) is 1. The fraction of sp³-hybridized carbons (Fsp3) is 0.0667. The SMILES string of the molecule is COc1cc(Cl)ccc1-c1cc2cc[nH]c2cc1I. The molecule has 0 radical (unpaired) electrons. The van der Waals surface area contributed by atoms with Crippen molar-refractivity contribution in [3.05, 3.63) is 51.2 Å². The average Bonchev–Trinajstić information content (AvgIpc) is 2.85. The second kappa shape index (κ2) is 5.06. The summed E-state index contributed by atoms with van der Waals surface area (Å²) in [6.45, 7) is 0. The number of aromatic nitrogens is 1. The van der Waals surface area contributed by atoms with E-state index < -0.39 is 0 Å². The Kier molecular flexibility index (Phi) is 3.41. The number of aromatic amines is 1. The van der Waals surface area contributed by atoms with Crippen LogP contribution in [0.4, 0.5) is 0 Å². The highest BCUT2D eigenvalue weighted by atomic mass is 127. The normalized spacial score (nSPS) is 10.9. The molecule has 0 unspecified atom stereocenters. The summed E-state index contributed by atoms with van der Waals surface area (Å²) in [6.07, 6.45) is 1.95. The maximum atomic E-state index is 6.01. The van der Waals surface area contributed by atoms with Gasteiger partial charge < -0.3 is 9.72 Å². The molecule has 4 heteroatoms. The summed E-state index contributed by atoms with van der Waals surface area (Å²) >= 11 is 8.36. The van der Waals surface area contributed by atoms with Gasteiger partial charge in [0.1, 0.15) is 5.75 Å². The van der Waals surface area contributed by atoms with E-state index in [1.807, 2.05) is 24.4 Å². The van der Waals surface area contributed by atoms with Gasteiger partial charge in [-0.15, -0.1) is 0 Å². The topological polar surface area (TPSA) is 25.0 Å². The van der Waals surface area contributed by atoms with Gasteiger partial charge in [-0.1, -0.05) is 11.6 Å². The molecule has 2 nitrogen and oxygen atoms in total. The summed E-state index contributed by atoms with van der Waals surface area (Å²) < 4.78 is 6.61. The van der Waals surface area contributed by atoms with E-state index in [0.29, 0.717) is 5.02 Å². The van der Waals surface area contributed by atoms with Crippen LogP contribution in [0.25, 0.3) is 22.0 Å². The monoisotopic (exact) mass is 383 g/mol. The Balaban J connectivity index is 2.25. The van der Waals surface area contributed by atoms with Crippen LogP contribution in [0.5, 0.6) is 5.75 Å². The highest BCUT2D eigenvalue weighted by Crippen LogP contribution is 2.36. The molecule has 0 spiro atoms. The third-order valence-corrected chi connectivity index (χ3v) is 4.22. The van der Waals surface area contributed by atoms with Gasteiger partial charge in [0.15, 0.2) is 0 Å². The zero-order valence-corrected chi connectivity index (χ0v) is 13.1. The van der Waals surface area contributed by atoms with E-state index in [2.05, 4.69) is 45.8 Å². The molecule has 3 aromatic rings. The number of rotatable bonds is 2. The van der Waals surface area contributed by atoms with Crippen LogP contribution < -0.4 is 4.74 Å². The number of benzene rings is 2. The van der Waals surface area contributed by atoms with Crippen LogP contribution in [0, 0.1) is 3.57 Å². The predicted octanol–water partition coefficient (Wildman–Crippen LogP) is 5.10. The van der Waals surface area contributed by atoms with E-state index in [1.165, 1.54) is 8.96 Å². The quantitative estimate of drug-likeness (QED) is 0.612. The number of fused-ring (bicyclic) bond motifs is 1. The lowest BCUT2D eigenvalue weighted by molar-refractivity contribution is 0.416. The first-order valence-corrected chi connectivity index (χ1v) is 7.25. The number of H-pyrrole nitrogens is 1. The molecule has 0 aliphatic carbocycles. The molecule has 1 heterocycles. The molecule has 0 aliphatic heterocycles. The second-order valence-corrected chi connectivity index (χ2v) is 5.84. The molecule has 0 saturated heterocycles. The minimum absolute atomic E-state index is 0.679. The minimum atomic E-state index is 0.679. The van der Waals surface area contributed by atoms with E-state index in [1.54, 1.807) is 7.11 Å². The van der Waals surface area contributed by atoms with Crippen molar-refractivity contribution in [2.75, 3.05) is 7.11 Å². The van der Waals surface area contributed by atoms with E-state index in [0.717, 1.165) is 22.4 Å². The van der Waals surface area contributed by atoms with Crippen molar-refractivity contribution >= 4 is 45.1 Å². The third-order valence-electron chi connectivity index (χ3n) is 3.09. The van der Waals surface area contributed by atoms with Gasteiger partial charge in [0.05, 0.1) is 7.11 Å². The van der Waals surface area contributed by atoms with Crippen LogP contribution in [0.2, 0.25) is 5.02 Å². The summed E-state index contributed by atoms with van der Waals surface area (Å²) in [5.74, 6) is 0.792. The maximum Gasteiger partial charge on any atom is 0.128 e. The largest absolute Gasteiger partial charge is 0.496 e. The Bertz CT molecular complexity index is 751. The molecule has 0 amide bonds. The molecule has 3 rings (SSSR count). The molecule has 19 heavy (non-hydrogen) atoms. The van der Waals surface area contributed by atoms with Crippen LogP contribution in [0.1, 0.15) is 0 Å². The summed E-state index contributed by atoms with van der Waals surface area (Å²) in [5, 5.41) is 1.87. The molecular formula is C15H11ClINO. The van der Waals surface area contributed by atoms with Crippen LogP contribution in [0.3, 0.4) is 0 Å². The van der Waals surface area contributed by atoms with Gasteiger partial charge in [-0.05, 0) is 64.6 Å². The van der Waals surface area contributed by atoms with Gasteiger partial charge in [-0.25, -0.2) is 0 Å². The Labute approximate surface area is 129 Å². The summed E-state index contributed by atoms with van der Waals surface area (Å²) in [7, 11) is 1.66. The van der Waals surface area contributed by atoms with Crippen molar-refractivity contribution in [3.63, 3.8) is 0 Å². The van der Waals surface area contributed by atoms with Crippen molar-refractivity contribution in [1.82, 2.24) is 4.98 Å². The number of methoxy groups -OCH3 is 1. The molecular weight excluding hydrogens is 373 g/mol. The van der Waals surface area contributed by atoms with Gasteiger partial charge in [-0.2, -0.15) is 0 Å². The first-order valence-electron chi connectivity index (χ1n) is 5.79. The van der Waals surface area contributed by atoms with E-state index in [9.17, 15) is 0 Å².